The SMILES string of the molecule is O=[N+]([O-])c1cccc2c(NC3CCC(F)(F)CC3)ncnc12. The molecule has 1 fully saturated rings. The van der Waals surface area contributed by atoms with Crippen molar-refractivity contribution in [2.75, 3.05) is 5.32 Å². The van der Waals surface area contributed by atoms with E-state index in [4.69, 9.17) is 0 Å². The number of nitro groups is 1. The van der Waals surface area contributed by atoms with Crippen molar-refractivity contribution in [1.82, 2.24) is 9.97 Å². The summed E-state index contributed by atoms with van der Waals surface area (Å²) >= 11 is 0. The molecule has 22 heavy (non-hydrogen) atoms. The third-order valence-corrected chi connectivity index (χ3v) is 3.90. The Bertz CT molecular complexity index is 713. The quantitative estimate of drug-likeness (QED) is 0.693. The van der Waals surface area contributed by atoms with Gasteiger partial charge in [-0.15, -0.1) is 0 Å². The number of hydrogen-bond donors (Lipinski definition) is 1. The number of benzene rings is 1. The molecule has 0 amide bonds. The van der Waals surface area contributed by atoms with Crippen molar-refractivity contribution in [2.24, 2.45) is 0 Å². The van der Waals surface area contributed by atoms with Gasteiger partial charge in [0.05, 0.1) is 4.92 Å². The summed E-state index contributed by atoms with van der Waals surface area (Å²) < 4.78 is 26.4. The Morgan fingerprint density at radius 1 is 1.27 bits per heavy atom. The molecule has 0 aliphatic heterocycles. The van der Waals surface area contributed by atoms with E-state index in [1.807, 2.05) is 0 Å². The van der Waals surface area contributed by atoms with E-state index in [1.54, 1.807) is 12.1 Å². The largest absolute Gasteiger partial charge is 0.367 e. The van der Waals surface area contributed by atoms with E-state index in [0.29, 0.717) is 24.0 Å². The van der Waals surface area contributed by atoms with Crippen molar-refractivity contribution in [3.8, 4) is 0 Å². The van der Waals surface area contributed by atoms with Gasteiger partial charge in [-0.25, -0.2) is 18.7 Å². The molecule has 116 valence electrons. The van der Waals surface area contributed by atoms with Crippen molar-refractivity contribution in [2.45, 2.75) is 37.6 Å². The molecule has 8 heteroatoms. The number of nitrogens with zero attached hydrogens (tertiary/aromatic N) is 3. The predicted molar refractivity (Wildman–Crippen MR) is 77.0 cm³/mol. The standard InChI is InChI=1S/C14H14F2N4O2/c15-14(16)6-4-9(5-7-14)19-13-10-2-1-3-11(20(21)22)12(10)17-8-18-13/h1-3,8-9H,4-7H2,(H,17,18,19). The molecular formula is C14H14F2N4O2. The number of non-ortho nitro benzene ring substituents is 1. The molecule has 0 saturated heterocycles. The molecule has 1 saturated carbocycles. The van der Waals surface area contributed by atoms with Crippen LogP contribution in [-0.4, -0.2) is 26.9 Å². The van der Waals surface area contributed by atoms with Gasteiger partial charge in [-0.2, -0.15) is 0 Å². The van der Waals surface area contributed by atoms with Crippen molar-refractivity contribution in [1.29, 1.82) is 0 Å². The van der Waals surface area contributed by atoms with E-state index in [9.17, 15) is 18.9 Å². The van der Waals surface area contributed by atoms with Crippen molar-refractivity contribution >= 4 is 22.4 Å². The Labute approximate surface area is 124 Å². The monoisotopic (exact) mass is 308 g/mol. The zero-order valence-electron chi connectivity index (χ0n) is 11.6. The number of alkyl halides is 2. The second-order valence-electron chi connectivity index (χ2n) is 5.43. The third kappa shape index (κ3) is 2.81. The molecule has 3 rings (SSSR count). The fraction of sp³-hybridized carbons (Fsp3) is 0.429. The van der Waals surface area contributed by atoms with Gasteiger partial charge < -0.3 is 5.32 Å². The van der Waals surface area contributed by atoms with Gasteiger partial charge in [-0.3, -0.25) is 10.1 Å². The van der Waals surface area contributed by atoms with Gasteiger partial charge in [0.2, 0.25) is 5.92 Å². The second kappa shape index (κ2) is 5.43. The van der Waals surface area contributed by atoms with E-state index in [0.717, 1.165) is 0 Å². The Morgan fingerprint density at radius 2 is 2.00 bits per heavy atom. The van der Waals surface area contributed by atoms with Crippen LogP contribution in [0.3, 0.4) is 0 Å². The average molecular weight is 308 g/mol. The summed E-state index contributed by atoms with van der Waals surface area (Å²) in [5.41, 5.74) is 0.143. The van der Waals surface area contributed by atoms with Gasteiger partial charge in [-0.05, 0) is 18.9 Å². The zero-order chi connectivity index (χ0) is 15.7. The average Bonchev–Trinajstić information content (AvgIpc) is 2.49. The van der Waals surface area contributed by atoms with E-state index >= 15 is 0 Å². The molecule has 2 aromatic rings. The number of hydrogen-bond acceptors (Lipinski definition) is 5. The molecule has 1 aliphatic carbocycles. The van der Waals surface area contributed by atoms with Crippen LogP contribution in [0, 0.1) is 10.1 Å². The first kappa shape index (κ1) is 14.6. The smallest absolute Gasteiger partial charge is 0.295 e. The van der Waals surface area contributed by atoms with E-state index in [1.165, 1.54) is 12.4 Å². The molecule has 1 aromatic heterocycles. The first-order valence-electron chi connectivity index (χ1n) is 6.99. The molecule has 6 nitrogen and oxygen atoms in total. The van der Waals surface area contributed by atoms with Gasteiger partial charge in [0, 0.05) is 30.3 Å². The summed E-state index contributed by atoms with van der Waals surface area (Å²) in [4.78, 5) is 18.6. The molecule has 1 aliphatic rings. The first-order valence-corrected chi connectivity index (χ1v) is 6.99. The molecule has 1 heterocycles. The second-order valence-corrected chi connectivity index (χ2v) is 5.43. The lowest BCUT2D eigenvalue weighted by Gasteiger charge is -2.29. The number of fused-ring (bicyclic) bond motifs is 1. The molecule has 0 radical (unpaired) electrons. The maximum Gasteiger partial charge on any atom is 0.295 e. The van der Waals surface area contributed by atoms with Crippen LogP contribution in [-0.2, 0) is 0 Å². The highest BCUT2D eigenvalue weighted by Gasteiger charge is 2.35. The molecule has 0 bridgehead atoms. The van der Waals surface area contributed by atoms with Gasteiger partial charge >= 0.3 is 0 Å². The number of rotatable bonds is 3. The fourth-order valence-electron chi connectivity index (χ4n) is 2.71. The van der Waals surface area contributed by atoms with E-state index < -0.39 is 10.8 Å². The number of para-hydroxylation sites is 1. The highest BCUT2D eigenvalue weighted by molar-refractivity contribution is 5.94. The number of anilines is 1. The molecule has 0 atom stereocenters. The summed E-state index contributed by atoms with van der Waals surface area (Å²) in [6.07, 6.45) is 1.61. The van der Waals surface area contributed by atoms with Gasteiger partial charge in [-0.1, -0.05) is 6.07 Å². The highest BCUT2D eigenvalue weighted by Crippen LogP contribution is 2.35. The molecular weight excluding hydrogens is 294 g/mol. The fourth-order valence-corrected chi connectivity index (χ4v) is 2.71. The van der Waals surface area contributed by atoms with Gasteiger partial charge in [0.25, 0.3) is 5.69 Å². The lowest BCUT2D eigenvalue weighted by atomic mass is 9.92. The Morgan fingerprint density at radius 3 is 2.68 bits per heavy atom. The van der Waals surface area contributed by atoms with Gasteiger partial charge in [0.15, 0.2) is 5.52 Å². The summed E-state index contributed by atoms with van der Waals surface area (Å²) in [7, 11) is 0. The molecule has 1 N–H and O–H groups in total. The normalized spacial score (nSPS) is 18.3. The molecule has 1 aromatic carbocycles. The highest BCUT2D eigenvalue weighted by atomic mass is 19.3. The molecule has 0 unspecified atom stereocenters. The maximum absolute atomic E-state index is 13.2. The summed E-state index contributed by atoms with van der Waals surface area (Å²) in [5, 5.41) is 14.7. The topological polar surface area (TPSA) is 81.0 Å². The Balaban J connectivity index is 1.89. The van der Waals surface area contributed by atoms with E-state index in [2.05, 4.69) is 15.3 Å². The molecule has 0 spiro atoms. The minimum absolute atomic E-state index is 0.0990. The number of nitrogens with one attached hydrogen (secondary N) is 1. The lowest BCUT2D eigenvalue weighted by Crippen LogP contribution is -2.32. The zero-order valence-corrected chi connectivity index (χ0v) is 11.6. The van der Waals surface area contributed by atoms with Crippen LogP contribution in [0.15, 0.2) is 24.5 Å². The summed E-state index contributed by atoms with van der Waals surface area (Å²) in [6.45, 7) is 0. The third-order valence-electron chi connectivity index (χ3n) is 3.90. The van der Waals surface area contributed by atoms with Crippen LogP contribution in [0.1, 0.15) is 25.7 Å². The lowest BCUT2D eigenvalue weighted by molar-refractivity contribution is -0.383. The Hall–Kier alpha value is -2.38. The minimum atomic E-state index is -2.59. The van der Waals surface area contributed by atoms with E-state index in [-0.39, 0.29) is 30.1 Å². The van der Waals surface area contributed by atoms with Crippen molar-refractivity contribution in [3.63, 3.8) is 0 Å². The van der Waals surface area contributed by atoms with Crippen LogP contribution in [0.5, 0.6) is 0 Å². The summed E-state index contributed by atoms with van der Waals surface area (Å²) in [5.74, 6) is -2.14. The van der Waals surface area contributed by atoms with Crippen LogP contribution >= 0.6 is 0 Å². The van der Waals surface area contributed by atoms with Crippen LogP contribution in [0.2, 0.25) is 0 Å². The number of halogens is 2. The van der Waals surface area contributed by atoms with Crippen molar-refractivity contribution < 1.29 is 13.7 Å². The van der Waals surface area contributed by atoms with Crippen molar-refractivity contribution in [3.05, 3.63) is 34.6 Å². The minimum Gasteiger partial charge on any atom is -0.367 e. The Kier molecular flexibility index (Phi) is 3.59. The first-order chi connectivity index (χ1) is 10.5. The maximum atomic E-state index is 13.2. The van der Waals surface area contributed by atoms with Gasteiger partial charge in [0.1, 0.15) is 12.1 Å². The predicted octanol–water partition coefficient (Wildman–Crippen LogP) is 3.53. The summed E-state index contributed by atoms with van der Waals surface area (Å²) in [6, 6.07) is 4.50. The number of nitro benzene ring substituents is 1. The van der Waals surface area contributed by atoms with Crippen LogP contribution in [0.4, 0.5) is 20.3 Å². The number of aromatic nitrogens is 2. The van der Waals surface area contributed by atoms with Crippen LogP contribution < -0.4 is 5.32 Å². The van der Waals surface area contributed by atoms with Crippen LogP contribution in [0.25, 0.3) is 10.9 Å².